The van der Waals surface area contributed by atoms with Crippen molar-refractivity contribution in [2.45, 2.75) is 6.42 Å². The van der Waals surface area contributed by atoms with Gasteiger partial charge in [0.2, 0.25) is 0 Å². The third kappa shape index (κ3) is 77.9. The van der Waals surface area contributed by atoms with Crippen LogP contribution in [0.5, 0.6) is 0 Å². The number of rotatable bonds is 2. The zero-order valence-electron chi connectivity index (χ0n) is 9.97. The van der Waals surface area contributed by atoms with Gasteiger partial charge in [-0.15, -0.1) is 0 Å². The molecular weight excluding hydrogens is 261 g/mol. The number of aliphatic carboxylic acids is 4. The number of hydrogen-bond donors (Lipinski definition) is 5. The Morgan fingerprint density at radius 1 is 0.789 bits per heavy atom. The van der Waals surface area contributed by atoms with Crippen LogP contribution in [0, 0.1) is 0 Å². The largest absolute Gasteiger partial charge is 1.00 e. The van der Waals surface area contributed by atoms with Crippen LogP contribution in [0.3, 0.4) is 0 Å². The minimum atomic E-state index is -2.17. The fourth-order valence-corrected chi connectivity index (χ4v) is 0.118. The van der Waals surface area contributed by atoms with Crippen LogP contribution in [-0.2, 0) is 19.2 Å². The molecule has 0 atom stereocenters. The van der Waals surface area contributed by atoms with Crippen molar-refractivity contribution in [1.82, 2.24) is 0 Å². The molecule has 0 fully saturated rings. The van der Waals surface area contributed by atoms with Crippen LogP contribution in [0.1, 0.15) is 6.42 Å². The second kappa shape index (κ2) is 19.4. The maximum absolute atomic E-state index is 9.28. The molecule has 0 spiro atoms. The average molecular weight is 268 g/mol. The third-order valence-electron chi connectivity index (χ3n) is 0.472. The van der Waals surface area contributed by atoms with E-state index in [4.69, 9.17) is 34.9 Å². The summed E-state index contributed by atoms with van der Waals surface area (Å²) in [5.74, 6) is -6.90. The molecule has 19 heavy (non-hydrogen) atoms. The van der Waals surface area contributed by atoms with Gasteiger partial charge in [0, 0.05) is 18.4 Å². The molecule has 0 aromatic rings. The van der Waals surface area contributed by atoms with E-state index >= 15 is 0 Å². The van der Waals surface area contributed by atoms with Crippen molar-refractivity contribution in [3.8, 4) is 0 Å². The van der Waals surface area contributed by atoms with E-state index in [1.807, 2.05) is 0 Å². The minimum Gasteiger partial charge on any atom is -0.550 e. The molecular formula is C5H7BLi2O11. The summed E-state index contributed by atoms with van der Waals surface area (Å²) in [6.07, 6.45) is -1.03. The molecule has 0 saturated carbocycles. The number of hydrogen-bond acceptors (Lipinski definition) is 9. The predicted molar refractivity (Wildman–Crippen MR) is 42.3 cm³/mol. The summed E-state index contributed by atoms with van der Waals surface area (Å²) < 4.78 is 0. The zero-order valence-corrected chi connectivity index (χ0v) is 9.97. The Labute approximate surface area is 130 Å². The van der Waals surface area contributed by atoms with Gasteiger partial charge >= 0.3 is 57.0 Å². The molecule has 0 heterocycles. The van der Waals surface area contributed by atoms with Gasteiger partial charge in [-0.25, -0.2) is 9.59 Å². The number of carboxylic acid groups (broad SMARTS) is 4. The quantitative estimate of drug-likeness (QED) is 0.180. The van der Waals surface area contributed by atoms with Crippen LogP contribution in [0.2, 0.25) is 0 Å². The molecule has 0 aliphatic carbocycles. The van der Waals surface area contributed by atoms with E-state index in [9.17, 15) is 19.8 Å². The first-order valence-electron chi connectivity index (χ1n) is 3.40. The predicted octanol–water partition coefficient (Wildman–Crippen LogP) is -12.0. The van der Waals surface area contributed by atoms with E-state index in [2.05, 4.69) is 0 Å². The Hall–Kier alpha value is -0.980. The summed E-state index contributed by atoms with van der Waals surface area (Å²) in [6.45, 7) is 0. The Balaban J connectivity index is -0.0000000506. The molecule has 0 aromatic carbocycles. The van der Waals surface area contributed by atoms with E-state index < -0.39 is 37.6 Å². The fraction of sp³-hybridized carbons (Fsp3) is 0.200. The molecule has 0 bridgehead atoms. The second-order valence-corrected chi connectivity index (χ2v) is 1.88. The van der Waals surface area contributed by atoms with Crippen molar-refractivity contribution in [2.75, 3.05) is 0 Å². The van der Waals surface area contributed by atoms with Crippen LogP contribution in [-0.4, -0.2) is 56.5 Å². The SMILES string of the molecule is O=C(O)C(=O)O.O=C([O-])CC(=O)[O-].OB(O)O.[Li+].[Li+]. The molecule has 0 radical (unpaired) electrons. The molecule has 0 saturated heterocycles. The van der Waals surface area contributed by atoms with Gasteiger partial charge in [0.05, 0.1) is 0 Å². The number of carbonyl (C=O) groups excluding carboxylic acids is 2. The van der Waals surface area contributed by atoms with Crippen molar-refractivity contribution in [2.24, 2.45) is 0 Å². The normalized spacial score (nSPS) is 6.68. The third-order valence-corrected chi connectivity index (χ3v) is 0.472. The smallest absolute Gasteiger partial charge is 0.550 e. The topological polar surface area (TPSA) is 216 Å². The molecule has 14 heteroatoms. The molecule has 5 N–H and O–H groups in total. The molecule has 0 rings (SSSR count). The summed E-state index contributed by atoms with van der Waals surface area (Å²) in [7, 11) is -2.17. The average Bonchev–Trinajstić information content (AvgIpc) is 2.00. The first kappa shape index (κ1) is 30.8. The molecule has 98 valence electrons. The van der Waals surface area contributed by atoms with Crippen LogP contribution < -0.4 is 47.9 Å². The van der Waals surface area contributed by atoms with E-state index in [0.717, 1.165) is 0 Å². The Morgan fingerprint density at radius 3 is 0.947 bits per heavy atom. The first-order chi connectivity index (χ1) is 7.50. The Bertz CT molecular complexity index is 254. The van der Waals surface area contributed by atoms with Gasteiger partial charge < -0.3 is 45.1 Å². The molecule has 0 aliphatic rings. The number of carbonyl (C=O) groups is 4. The van der Waals surface area contributed by atoms with Crippen molar-refractivity contribution in [3.05, 3.63) is 0 Å². The van der Waals surface area contributed by atoms with Crippen molar-refractivity contribution in [3.63, 3.8) is 0 Å². The molecule has 11 nitrogen and oxygen atoms in total. The van der Waals surface area contributed by atoms with Crippen molar-refractivity contribution in [1.29, 1.82) is 0 Å². The van der Waals surface area contributed by atoms with Gasteiger partial charge in [-0.2, -0.15) is 0 Å². The summed E-state index contributed by atoms with van der Waals surface area (Å²) >= 11 is 0. The van der Waals surface area contributed by atoms with Gasteiger partial charge in [0.25, 0.3) is 0 Å². The Morgan fingerprint density at radius 2 is 0.947 bits per heavy atom. The van der Waals surface area contributed by atoms with Crippen molar-refractivity contribution >= 4 is 31.2 Å². The van der Waals surface area contributed by atoms with Gasteiger partial charge in [-0.1, -0.05) is 0 Å². The molecule has 0 unspecified atom stereocenters. The zero-order chi connectivity index (χ0) is 14.6. The maximum atomic E-state index is 9.28. The summed E-state index contributed by atoms with van der Waals surface area (Å²) in [6, 6.07) is 0. The number of carboxylic acids is 4. The first-order valence-corrected chi connectivity index (χ1v) is 3.40. The summed E-state index contributed by atoms with van der Waals surface area (Å²) in [5.41, 5.74) is 0. The standard InChI is InChI=1S/C3H4O4.C2H2O4.BH3O3.2Li/c4-2(5)1-3(6)7;3-1(4)2(5)6;2-1(3)4;;/h1H2,(H,4,5)(H,6,7);(H,3,4)(H,5,6);2-4H;;/q;;;2*+1/p-2. The fourth-order valence-electron chi connectivity index (χ4n) is 0.118. The van der Waals surface area contributed by atoms with Crippen LogP contribution in [0.15, 0.2) is 0 Å². The maximum Gasteiger partial charge on any atom is 1.00 e. The van der Waals surface area contributed by atoms with E-state index in [-0.39, 0.29) is 37.7 Å². The molecule has 0 aromatic heterocycles. The minimum absolute atomic E-state index is 0. The van der Waals surface area contributed by atoms with Gasteiger partial charge in [0.1, 0.15) is 0 Å². The van der Waals surface area contributed by atoms with Gasteiger partial charge in [-0.05, 0) is 0 Å². The molecule has 0 aliphatic heterocycles. The Kier molecular flexibility index (Phi) is 31.4. The summed E-state index contributed by atoms with van der Waals surface area (Å²) in [4.78, 5) is 36.8. The van der Waals surface area contributed by atoms with Crippen LogP contribution in [0.4, 0.5) is 0 Å². The van der Waals surface area contributed by atoms with Crippen LogP contribution >= 0.6 is 0 Å². The second-order valence-electron chi connectivity index (χ2n) is 1.88. The molecule has 0 amide bonds. The van der Waals surface area contributed by atoms with E-state index in [1.165, 1.54) is 0 Å². The van der Waals surface area contributed by atoms with Gasteiger partial charge in [0.15, 0.2) is 0 Å². The monoisotopic (exact) mass is 268 g/mol. The summed E-state index contributed by atoms with van der Waals surface area (Å²) in [5, 5.41) is 54.8. The van der Waals surface area contributed by atoms with Crippen molar-refractivity contribution < 1.29 is 92.4 Å². The van der Waals surface area contributed by atoms with E-state index in [1.54, 1.807) is 0 Å². The van der Waals surface area contributed by atoms with Gasteiger partial charge in [-0.3, -0.25) is 0 Å². The van der Waals surface area contributed by atoms with Crippen LogP contribution in [0.25, 0.3) is 0 Å². The van der Waals surface area contributed by atoms with E-state index in [0.29, 0.717) is 0 Å².